The van der Waals surface area contributed by atoms with Crippen LogP contribution in [0.1, 0.15) is 57.9 Å². The Balaban J connectivity index is 0.00000143. The predicted molar refractivity (Wildman–Crippen MR) is 186 cm³/mol. The van der Waals surface area contributed by atoms with E-state index < -0.39 is 195 Å². The summed E-state index contributed by atoms with van der Waals surface area (Å²) in [5, 5.41) is 0. The van der Waals surface area contributed by atoms with Gasteiger partial charge >= 0.3 is 49.4 Å². The lowest BCUT2D eigenvalue weighted by atomic mass is 9.12. The molecule has 0 bridgehead atoms. The van der Waals surface area contributed by atoms with Crippen LogP contribution in [0.2, 0.25) is 0 Å². The monoisotopic (exact) mass is 984 g/mol. The molecule has 0 spiro atoms. The van der Waals surface area contributed by atoms with E-state index in [1.165, 1.54) is 0 Å². The lowest BCUT2D eigenvalue weighted by molar-refractivity contribution is -0.144. The first kappa shape index (κ1) is 53.9. The van der Waals surface area contributed by atoms with E-state index in [2.05, 4.69) is 19.4 Å². The molecule has 64 heavy (non-hydrogen) atoms. The summed E-state index contributed by atoms with van der Waals surface area (Å²) >= 11 is 0.185. The molecule has 1 nitrogen and oxygen atoms in total. The third-order valence-corrected chi connectivity index (χ3v) is 9.60. The minimum absolute atomic E-state index is 0.185. The van der Waals surface area contributed by atoms with Crippen molar-refractivity contribution in [2.45, 2.75) is 62.8 Å². The van der Waals surface area contributed by atoms with Crippen LogP contribution in [0.25, 0.3) is 0 Å². The highest BCUT2D eigenvalue weighted by Crippen LogP contribution is 2.41. The summed E-state index contributed by atoms with van der Waals surface area (Å²) in [4.78, 5) is 0. The van der Waals surface area contributed by atoms with Gasteiger partial charge in [0.1, 0.15) is 36.4 Å². The normalized spacial score (nSPS) is 13.9. The first-order valence-electron chi connectivity index (χ1n) is 17.1. The van der Waals surface area contributed by atoms with Crippen LogP contribution < -0.4 is 21.9 Å². The molecule has 0 aliphatic rings. The average Bonchev–Trinajstić information content (AvgIpc) is 3.11. The summed E-state index contributed by atoms with van der Waals surface area (Å²) < 4.78 is 346. The molecule has 0 aliphatic carbocycles. The van der Waals surface area contributed by atoms with Crippen molar-refractivity contribution >= 4 is 39.2 Å². The molecule has 0 atom stereocenters. The zero-order valence-corrected chi connectivity index (χ0v) is 32.6. The van der Waals surface area contributed by atoms with Crippen LogP contribution in [-0.2, 0) is 64.8 Å². The fourth-order valence-electron chi connectivity index (χ4n) is 6.32. The third-order valence-electron chi connectivity index (χ3n) is 8.96. The SMILES string of the molecule is CCCO[S+](C)C.FC(F)(F)c1cc([B-](c2cc(C(F)(F)F)cc(C(F)(F)F)c2)(c2cc(C(F)(F)F)cc(C(F)(F)F)c2)c2cc(C(F)(F)F)cc(C(F)(F)F)c2)cc(C(F)(F)F)c1. The second-order valence-electron chi connectivity index (χ2n) is 13.8. The Morgan fingerprint density at radius 2 is 0.484 bits per heavy atom. The van der Waals surface area contributed by atoms with E-state index in [4.69, 9.17) is 4.18 Å². The Labute approximate surface area is 347 Å². The second-order valence-corrected chi connectivity index (χ2v) is 15.5. The van der Waals surface area contributed by atoms with Crippen molar-refractivity contribution in [2.75, 3.05) is 19.1 Å². The van der Waals surface area contributed by atoms with Gasteiger partial charge in [0.2, 0.25) is 0 Å². The number of hydrogen-bond donors (Lipinski definition) is 0. The Bertz CT molecular complexity index is 1820. The quantitative estimate of drug-likeness (QED) is 0.102. The van der Waals surface area contributed by atoms with Crippen molar-refractivity contribution in [1.29, 1.82) is 0 Å². The third kappa shape index (κ3) is 12.9. The zero-order valence-electron chi connectivity index (χ0n) is 31.8. The molecule has 0 N–H and O–H groups in total. The standard InChI is InChI=1S/C32H12BF24.C5H13OS/c34-25(35,36)13-1-14(26(37,38)39)6-21(5-13)33(22-7-15(27(40,41)42)2-16(8-22)28(43,44)45,23-9-17(29(46,47)48)3-18(10-23)30(49,50)51)24-11-19(31(52,53)54)4-20(12-24)32(55,56)57;1-4-5-6-7(2)3/h1-12H;4-5H2,1-3H3/q-1;+1. The molecule has 4 aromatic rings. The molecule has 0 amide bonds. The van der Waals surface area contributed by atoms with Gasteiger partial charge in [-0.15, -0.1) is 0 Å². The largest absolute Gasteiger partial charge is 0.416 e. The maximum absolute atomic E-state index is 14.2. The molecular weight excluding hydrogens is 959 g/mol. The molecular formula is C37H25BF24OS. The Kier molecular flexibility index (Phi) is 15.2. The Hall–Kier alpha value is -4.43. The van der Waals surface area contributed by atoms with E-state index in [1.807, 2.05) is 0 Å². The van der Waals surface area contributed by atoms with Gasteiger partial charge in [-0.3, -0.25) is 0 Å². The van der Waals surface area contributed by atoms with E-state index in [1.54, 1.807) is 0 Å². The number of rotatable bonds is 7. The lowest BCUT2D eigenvalue weighted by Gasteiger charge is -2.46. The van der Waals surface area contributed by atoms with Crippen LogP contribution in [0.4, 0.5) is 105 Å². The topological polar surface area (TPSA) is 9.23 Å². The van der Waals surface area contributed by atoms with Crippen LogP contribution in [0.3, 0.4) is 0 Å². The van der Waals surface area contributed by atoms with Crippen molar-refractivity contribution in [2.24, 2.45) is 0 Å². The fraction of sp³-hybridized carbons (Fsp3) is 0.351. The van der Waals surface area contributed by atoms with Gasteiger partial charge in [-0.1, -0.05) is 55.5 Å². The van der Waals surface area contributed by atoms with Gasteiger partial charge < -0.3 is 0 Å². The Morgan fingerprint density at radius 3 is 0.578 bits per heavy atom. The minimum atomic E-state index is -6.13. The maximum Gasteiger partial charge on any atom is 0.416 e. The Morgan fingerprint density at radius 1 is 0.328 bits per heavy atom. The molecule has 0 saturated heterocycles. The van der Waals surface area contributed by atoms with Crippen molar-refractivity contribution in [3.8, 4) is 0 Å². The summed E-state index contributed by atoms with van der Waals surface area (Å²) in [7, 11) is 0. The van der Waals surface area contributed by atoms with Crippen LogP contribution in [0.5, 0.6) is 0 Å². The molecule has 0 fully saturated rings. The van der Waals surface area contributed by atoms with Gasteiger partial charge in [0.15, 0.2) is 0 Å². The molecule has 356 valence electrons. The molecule has 0 saturated carbocycles. The van der Waals surface area contributed by atoms with Crippen molar-refractivity contribution in [3.63, 3.8) is 0 Å². The van der Waals surface area contributed by atoms with E-state index in [0.717, 1.165) is 13.0 Å². The molecule has 0 aliphatic heterocycles. The van der Waals surface area contributed by atoms with E-state index in [9.17, 15) is 105 Å². The van der Waals surface area contributed by atoms with Gasteiger partial charge in [0, 0.05) is 0 Å². The van der Waals surface area contributed by atoms with E-state index in [0.29, 0.717) is 0 Å². The average molecular weight is 984 g/mol. The summed E-state index contributed by atoms with van der Waals surface area (Å²) in [5.74, 6) is 0. The summed E-state index contributed by atoms with van der Waals surface area (Å²) in [6.45, 7) is 3.03. The van der Waals surface area contributed by atoms with Crippen molar-refractivity contribution < 1.29 is 110 Å². The van der Waals surface area contributed by atoms with Gasteiger partial charge in [-0.2, -0.15) is 131 Å². The van der Waals surface area contributed by atoms with Gasteiger partial charge in [-0.25, -0.2) is 0 Å². The van der Waals surface area contributed by atoms with Crippen LogP contribution >= 0.6 is 0 Å². The number of hydrogen-bond acceptors (Lipinski definition) is 1. The first-order valence-corrected chi connectivity index (χ1v) is 19.1. The molecule has 0 heterocycles. The highest BCUT2D eigenvalue weighted by molar-refractivity contribution is 7.90. The van der Waals surface area contributed by atoms with Crippen molar-refractivity contribution in [3.05, 3.63) is 117 Å². The van der Waals surface area contributed by atoms with Crippen LogP contribution in [0.15, 0.2) is 72.8 Å². The number of halogens is 24. The maximum atomic E-state index is 14.2. The predicted octanol–water partition coefficient (Wildman–Crippen LogP) is 12.4. The zero-order chi connectivity index (χ0) is 49.6. The van der Waals surface area contributed by atoms with E-state index >= 15 is 0 Å². The fourth-order valence-corrected chi connectivity index (χ4v) is 6.82. The summed E-state index contributed by atoms with van der Waals surface area (Å²) in [5.41, 5.74) is -30.2. The molecule has 0 unspecified atom stereocenters. The lowest BCUT2D eigenvalue weighted by Crippen LogP contribution is -2.75. The second kappa shape index (κ2) is 18.1. The summed E-state index contributed by atoms with van der Waals surface area (Å²) in [6.07, 6.45) is -49.5. The molecule has 4 rings (SSSR count). The molecule has 0 aromatic heterocycles. The van der Waals surface area contributed by atoms with Gasteiger partial charge in [-0.05, 0) is 30.7 Å². The molecule has 4 aromatic carbocycles. The van der Waals surface area contributed by atoms with Gasteiger partial charge in [0.25, 0.3) is 0 Å². The van der Waals surface area contributed by atoms with Gasteiger partial charge in [0.05, 0.1) is 44.5 Å². The highest BCUT2D eigenvalue weighted by atomic mass is 32.2. The number of benzene rings is 4. The first-order chi connectivity index (χ1) is 28.5. The summed E-state index contributed by atoms with van der Waals surface area (Å²) in [6, 6.07) is -8.81. The molecule has 0 radical (unpaired) electrons. The van der Waals surface area contributed by atoms with E-state index in [-0.39, 0.29) is 11.2 Å². The number of alkyl halides is 24. The molecule has 27 heteroatoms. The van der Waals surface area contributed by atoms with Crippen molar-refractivity contribution in [1.82, 2.24) is 0 Å². The van der Waals surface area contributed by atoms with Crippen LogP contribution in [-0.4, -0.2) is 25.3 Å². The highest BCUT2D eigenvalue weighted by Gasteiger charge is 2.47. The van der Waals surface area contributed by atoms with Crippen LogP contribution in [0, 0.1) is 0 Å². The minimum Gasteiger partial charge on any atom is -0.194 e. The smallest absolute Gasteiger partial charge is 0.194 e.